The number of carbonyl (C=O) groups is 1. The minimum atomic E-state index is 0.207. The third-order valence-corrected chi connectivity index (χ3v) is 4.16. The third-order valence-electron chi connectivity index (χ3n) is 3.41. The fraction of sp³-hybridized carbons (Fsp3) is 0.500. The summed E-state index contributed by atoms with van der Waals surface area (Å²) in [7, 11) is 0. The van der Waals surface area contributed by atoms with Crippen LogP contribution in [0.4, 0.5) is 0 Å². The molecule has 0 saturated carbocycles. The Labute approximate surface area is 113 Å². The van der Waals surface area contributed by atoms with Gasteiger partial charge >= 0.3 is 0 Å². The van der Waals surface area contributed by atoms with E-state index < -0.39 is 0 Å². The molecule has 4 heteroatoms. The van der Waals surface area contributed by atoms with Crippen molar-refractivity contribution in [1.82, 2.24) is 4.90 Å². The number of nitrogens with zero attached hydrogens (tertiary/aromatic N) is 1. The van der Waals surface area contributed by atoms with E-state index in [2.05, 4.69) is 4.90 Å². The zero-order valence-corrected chi connectivity index (χ0v) is 11.6. The summed E-state index contributed by atoms with van der Waals surface area (Å²) >= 11 is 1.69. The lowest BCUT2D eigenvalue weighted by Crippen LogP contribution is -2.41. The minimum Gasteiger partial charge on any atom is -0.328 e. The number of hydrogen-bond acceptors (Lipinski definition) is 4. The van der Waals surface area contributed by atoms with Gasteiger partial charge in [0.25, 0.3) is 0 Å². The highest BCUT2D eigenvalue weighted by atomic mass is 32.2. The van der Waals surface area contributed by atoms with Crippen molar-refractivity contribution < 1.29 is 4.79 Å². The molecule has 1 aromatic rings. The molecule has 0 aromatic heterocycles. The van der Waals surface area contributed by atoms with Gasteiger partial charge in [0.2, 0.25) is 0 Å². The van der Waals surface area contributed by atoms with Gasteiger partial charge in [0.15, 0.2) is 5.78 Å². The van der Waals surface area contributed by atoms with Crippen LogP contribution in [0.25, 0.3) is 0 Å². The Morgan fingerprint density at radius 3 is 2.50 bits per heavy atom. The molecule has 1 aliphatic rings. The molecule has 1 fully saturated rings. The molecule has 0 aliphatic carbocycles. The summed E-state index contributed by atoms with van der Waals surface area (Å²) in [6, 6.07) is 8.17. The number of thioether (sulfide) groups is 1. The van der Waals surface area contributed by atoms with Gasteiger partial charge < -0.3 is 5.73 Å². The van der Waals surface area contributed by atoms with Crippen molar-refractivity contribution in [3.63, 3.8) is 0 Å². The van der Waals surface area contributed by atoms with E-state index in [9.17, 15) is 4.79 Å². The van der Waals surface area contributed by atoms with E-state index in [4.69, 9.17) is 5.73 Å². The van der Waals surface area contributed by atoms with E-state index in [1.165, 1.54) is 4.90 Å². The highest BCUT2D eigenvalue weighted by Gasteiger charge is 2.18. The smallest absolute Gasteiger partial charge is 0.176 e. The monoisotopic (exact) mass is 264 g/mol. The maximum atomic E-state index is 12.1. The Hall–Kier alpha value is -0.840. The summed E-state index contributed by atoms with van der Waals surface area (Å²) in [5.41, 5.74) is 6.66. The molecular formula is C14H20N2OS. The Bertz CT molecular complexity index is 397. The van der Waals surface area contributed by atoms with E-state index in [0.717, 1.165) is 31.5 Å². The van der Waals surface area contributed by atoms with Crippen LogP contribution >= 0.6 is 11.8 Å². The summed E-state index contributed by atoms with van der Waals surface area (Å²) < 4.78 is 0. The van der Waals surface area contributed by atoms with Gasteiger partial charge in [-0.2, -0.15) is 0 Å². The van der Waals surface area contributed by atoms with Gasteiger partial charge in [0.1, 0.15) is 0 Å². The molecule has 0 radical (unpaired) electrons. The van der Waals surface area contributed by atoms with Crippen molar-refractivity contribution in [1.29, 1.82) is 0 Å². The van der Waals surface area contributed by atoms with Gasteiger partial charge in [-0.1, -0.05) is 12.1 Å². The molecule has 1 saturated heterocycles. The minimum absolute atomic E-state index is 0.207. The summed E-state index contributed by atoms with van der Waals surface area (Å²) in [6.45, 7) is 2.40. The molecule has 2 rings (SSSR count). The molecular weight excluding hydrogens is 244 g/mol. The van der Waals surface area contributed by atoms with E-state index in [0.29, 0.717) is 12.6 Å². The number of rotatable bonds is 4. The van der Waals surface area contributed by atoms with Gasteiger partial charge in [0.05, 0.1) is 6.54 Å². The highest BCUT2D eigenvalue weighted by molar-refractivity contribution is 7.98. The van der Waals surface area contributed by atoms with Crippen LogP contribution in [-0.4, -0.2) is 42.6 Å². The topological polar surface area (TPSA) is 46.3 Å². The van der Waals surface area contributed by atoms with Crippen LogP contribution in [-0.2, 0) is 0 Å². The molecule has 2 N–H and O–H groups in total. The van der Waals surface area contributed by atoms with Crippen molar-refractivity contribution in [2.24, 2.45) is 5.73 Å². The molecule has 0 atom stereocenters. The summed E-state index contributed by atoms with van der Waals surface area (Å²) in [6.07, 6.45) is 4.03. The highest BCUT2D eigenvalue weighted by Crippen LogP contribution is 2.16. The van der Waals surface area contributed by atoms with Gasteiger partial charge in [-0.3, -0.25) is 9.69 Å². The molecule has 0 amide bonds. The number of ketones is 1. The van der Waals surface area contributed by atoms with Gasteiger partial charge in [0, 0.05) is 29.6 Å². The second kappa shape index (κ2) is 6.36. The SMILES string of the molecule is CSc1ccc(C(=O)CN2CCC(N)CC2)cc1. The maximum absolute atomic E-state index is 12.1. The second-order valence-electron chi connectivity index (χ2n) is 4.77. The second-order valence-corrected chi connectivity index (χ2v) is 5.64. The lowest BCUT2D eigenvalue weighted by molar-refractivity contribution is 0.0910. The van der Waals surface area contributed by atoms with Crippen molar-refractivity contribution in [2.45, 2.75) is 23.8 Å². The molecule has 0 unspecified atom stereocenters. The van der Waals surface area contributed by atoms with Gasteiger partial charge in [-0.25, -0.2) is 0 Å². The quantitative estimate of drug-likeness (QED) is 0.667. The van der Waals surface area contributed by atoms with Crippen LogP contribution < -0.4 is 5.73 Å². The Morgan fingerprint density at radius 1 is 1.33 bits per heavy atom. The number of piperidine rings is 1. The number of hydrogen-bond donors (Lipinski definition) is 1. The van der Waals surface area contributed by atoms with Crippen LogP contribution in [0, 0.1) is 0 Å². The van der Waals surface area contributed by atoms with Crippen molar-refractivity contribution in [3.8, 4) is 0 Å². The first-order valence-electron chi connectivity index (χ1n) is 6.34. The van der Waals surface area contributed by atoms with E-state index >= 15 is 0 Å². The predicted molar refractivity (Wildman–Crippen MR) is 76.2 cm³/mol. The summed E-state index contributed by atoms with van der Waals surface area (Å²) in [4.78, 5) is 15.5. The predicted octanol–water partition coefficient (Wildman–Crippen LogP) is 2.01. The fourth-order valence-corrected chi connectivity index (χ4v) is 2.59. The molecule has 1 heterocycles. The largest absolute Gasteiger partial charge is 0.328 e. The van der Waals surface area contributed by atoms with Gasteiger partial charge in [-0.05, 0) is 31.2 Å². The lowest BCUT2D eigenvalue weighted by atomic mass is 10.0. The summed E-state index contributed by atoms with van der Waals surface area (Å²) in [5, 5.41) is 0. The van der Waals surface area contributed by atoms with Gasteiger partial charge in [-0.15, -0.1) is 11.8 Å². The zero-order chi connectivity index (χ0) is 13.0. The fourth-order valence-electron chi connectivity index (χ4n) is 2.18. The van der Waals surface area contributed by atoms with Crippen LogP contribution in [0.15, 0.2) is 29.2 Å². The number of nitrogens with two attached hydrogens (primary N) is 1. The number of carbonyl (C=O) groups excluding carboxylic acids is 1. The van der Waals surface area contributed by atoms with Crippen LogP contribution in [0.2, 0.25) is 0 Å². The Morgan fingerprint density at radius 2 is 1.94 bits per heavy atom. The standard InChI is InChI=1S/C14H20N2OS/c1-18-13-4-2-11(3-5-13)14(17)10-16-8-6-12(15)7-9-16/h2-5,12H,6-10,15H2,1H3. The van der Waals surface area contributed by atoms with E-state index in [1.54, 1.807) is 11.8 Å². The van der Waals surface area contributed by atoms with Crippen molar-refractivity contribution in [2.75, 3.05) is 25.9 Å². The van der Waals surface area contributed by atoms with Crippen molar-refractivity contribution in [3.05, 3.63) is 29.8 Å². The first-order valence-corrected chi connectivity index (χ1v) is 7.56. The van der Waals surface area contributed by atoms with Crippen molar-refractivity contribution >= 4 is 17.5 Å². The van der Waals surface area contributed by atoms with E-state index in [-0.39, 0.29) is 5.78 Å². The molecule has 1 aliphatic heterocycles. The molecule has 1 aromatic carbocycles. The maximum Gasteiger partial charge on any atom is 0.176 e. The normalized spacial score (nSPS) is 17.9. The lowest BCUT2D eigenvalue weighted by Gasteiger charge is -2.29. The van der Waals surface area contributed by atoms with Crippen LogP contribution in [0.3, 0.4) is 0 Å². The molecule has 0 bridgehead atoms. The number of Topliss-reactive ketones (excluding diaryl/α,β-unsaturated/α-hetero) is 1. The Balaban J connectivity index is 1.90. The summed E-state index contributed by atoms with van der Waals surface area (Å²) in [5.74, 6) is 0.207. The first kappa shape index (κ1) is 13.6. The average molecular weight is 264 g/mol. The molecule has 18 heavy (non-hydrogen) atoms. The van der Waals surface area contributed by atoms with E-state index in [1.807, 2.05) is 30.5 Å². The van der Waals surface area contributed by atoms with Crippen LogP contribution in [0.5, 0.6) is 0 Å². The molecule has 98 valence electrons. The Kier molecular flexibility index (Phi) is 4.80. The zero-order valence-electron chi connectivity index (χ0n) is 10.8. The molecule has 3 nitrogen and oxygen atoms in total. The molecule has 0 spiro atoms. The number of likely N-dealkylation sites (tertiary alicyclic amines) is 1. The number of benzene rings is 1. The van der Waals surface area contributed by atoms with Crippen LogP contribution in [0.1, 0.15) is 23.2 Å². The first-order chi connectivity index (χ1) is 8.69. The average Bonchev–Trinajstić information content (AvgIpc) is 2.41. The third kappa shape index (κ3) is 3.57.